The summed E-state index contributed by atoms with van der Waals surface area (Å²) in [5.74, 6) is 0.551. The van der Waals surface area contributed by atoms with Gasteiger partial charge in [0, 0.05) is 12.3 Å². The summed E-state index contributed by atoms with van der Waals surface area (Å²) in [5.41, 5.74) is 0.395. The number of unbranched alkanes of at least 4 members (excludes halogenated alkanes) is 7. The van der Waals surface area contributed by atoms with E-state index in [1.165, 1.54) is 51.1 Å². The lowest BCUT2D eigenvalue weighted by Crippen LogP contribution is -2.00. The number of carbonyl (C=O) groups is 1. The molecule has 0 amide bonds. The monoisotopic (exact) mass is 297 g/mol. The first-order valence-electron chi connectivity index (χ1n) is 7.52. The second-order valence-electron chi connectivity index (χ2n) is 4.98. The molecule has 0 N–H and O–H groups in total. The predicted octanol–water partition coefficient (Wildman–Crippen LogP) is 4.98. The van der Waals surface area contributed by atoms with Crippen LogP contribution in [0.25, 0.3) is 0 Å². The molecule has 1 aromatic heterocycles. The van der Waals surface area contributed by atoms with Gasteiger partial charge in [-0.3, -0.25) is 4.79 Å². The summed E-state index contributed by atoms with van der Waals surface area (Å²) in [4.78, 5) is 14.9. The summed E-state index contributed by atoms with van der Waals surface area (Å²) >= 11 is 5.34. The minimum Gasteiger partial charge on any atom is -0.478 e. The Morgan fingerprint density at radius 3 is 2.30 bits per heavy atom. The zero-order valence-electron chi connectivity index (χ0n) is 12.2. The highest BCUT2D eigenvalue weighted by atomic mass is 35.5. The summed E-state index contributed by atoms with van der Waals surface area (Å²) in [6, 6.07) is 3.31. The Hall–Kier alpha value is -1.09. The first-order chi connectivity index (χ1) is 9.74. The van der Waals surface area contributed by atoms with E-state index < -0.39 is 5.24 Å². The van der Waals surface area contributed by atoms with Gasteiger partial charge in [-0.1, -0.05) is 51.9 Å². The number of nitrogens with zero attached hydrogens (tertiary/aromatic N) is 1. The van der Waals surface area contributed by atoms with Crippen molar-refractivity contribution in [3.63, 3.8) is 0 Å². The van der Waals surface area contributed by atoms with Gasteiger partial charge >= 0.3 is 0 Å². The van der Waals surface area contributed by atoms with Crippen LogP contribution >= 0.6 is 11.6 Å². The van der Waals surface area contributed by atoms with E-state index in [2.05, 4.69) is 11.9 Å². The maximum absolute atomic E-state index is 10.9. The summed E-state index contributed by atoms with van der Waals surface area (Å²) in [7, 11) is 0. The van der Waals surface area contributed by atoms with Crippen LogP contribution in [0.2, 0.25) is 0 Å². The summed E-state index contributed by atoms with van der Waals surface area (Å²) < 4.78 is 5.52. The van der Waals surface area contributed by atoms with Crippen LogP contribution < -0.4 is 4.74 Å². The molecule has 0 aliphatic rings. The van der Waals surface area contributed by atoms with E-state index in [4.69, 9.17) is 16.3 Å². The van der Waals surface area contributed by atoms with Crippen molar-refractivity contribution in [1.82, 2.24) is 4.98 Å². The average Bonchev–Trinajstić information content (AvgIpc) is 2.46. The molecule has 0 saturated carbocycles. The first kappa shape index (κ1) is 17.0. The normalized spacial score (nSPS) is 10.5. The van der Waals surface area contributed by atoms with Gasteiger partial charge < -0.3 is 4.74 Å². The molecule has 0 unspecified atom stereocenters. The Kier molecular flexibility index (Phi) is 9.05. The molecule has 0 bridgehead atoms. The average molecular weight is 298 g/mol. The molecule has 20 heavy (non-hydrogen) atoms. The highest BCUT2D eigenvalue weighted by Crippen LogP contribution is 2.11. The minimum atomic E-state index is -0.493. The lowest BCUT2D eigenvalue weighted by Gasteiger charge is -2.05. The van der Waals surface area contributed by atoms with E-state index in [1.54, 1.807) is 12.1 Å². The van der Waals surface area contributed by atoms with Crippen molar-refractivity contribution >= 4 is 16.8 Å². The SMILES string of the molecule is CCCCCCCCCCOc1ccc(C(=O)Cl)cn1. The molecule has 0 atom stereocenters. The van der Waals surface area contributed by atoms with Gasteiger partial charge in [-0.2, -0.15) is 0 Å². The molecule has 0 spiro atoms. The van der Waals surface area contributed by atoms with E-state index in [0.29, 0.717) is 18.1 Å². The van der Waals surface area contributed by atoms with Gasteiger partial charge in [0.2, 0.25) is 5.88 Å². The molecule has 0 aromatic carbocycles. The molecular formula is C16H24ClNO2. The van der Waals surface area contributed by atoms with Crippen LogP contribution in [0, 0.1) is 0 Å². The molecule has 112 valence electrons. The molecule has 0 fully saturated rings. The number of hydrogen-bond donors (Lipinski definition) is 0. The van der Waals surface area contributed by atoms with Crippen molar-refractivity contribution in [3.8, 4) is 5.88 Å². The first-order valence-corrected chi connectivity index (χ1v) is 7.90. The summed E-state index contributed by atoms with van der Waals surface area (Å²) in [6.45, 7) is 2.91. The Morgan fingerprint density at radius 1 is 1.10 bits per heavy atom. The van der Waals surface area contributed by atoms with Crippen LogP contribution in [0.4, 0.5) is 0 Å². The van der Waals surface area contributed by atoms with Crippen molar-refractivity contribution in [1.29, 1.82) is 0 Å². The van der Waals surface area contributed by atoms with Crippen LogP contribution in [0.15, 0.2) is 18.3 Å². The fourth-order valence-electron chi connectivity index (χ4n) is 1.99. The van der Waals surface area contributed by atoms with Crippen LogP contribution in [-0.2, 0) is 0 Å². The van der Waals surface area contributed by atoms with Crippen LogP contribution in [0.1, 0.15) is 68.6 Å². The van der Waals surface area contributed by atoms with Crippen molar-refractivity contribution < 1.29 is 9.53 Å². The minimum absolute atomic E-state index is 0.395. The van der Waals surface area contributed by atoms with Crippen molar-refractivity contribution in [3.05, 3.63) is 23.9 Å². The lowest BCUT2D eigenvalue weighted by atomic mass is 10.1. The molecule has 1 heterocycles. The molecule has 0 aliphatic carbocycles. The smallest absolute Gasteiger partial charge is 0.253 e. The molecule has 0 radical (unpaired) electrons. The number of aromatic nitrogens is 1. The third-order valence-electron chi connectivity index (χ3n) is 3.21. The highest BCUT2D eigenvalue weighted by molar-refractivity contribution is 6.67. The Balaban J connectivity index is 2.02. The maximum atomic E-state index is 10.9. The number of rotatable bonds is 11. The van der Waals surface area contributed by atoms with E-state index in [-0.39, 0.29) is 0 Å². The summed E-state index contributed by atoms with van der Waals surface area (Å²) in [6.07, 6.45) is 11.7. The molecule has 1 aromatic rings. The van der Waals surface area contributed by atoms with Crippen LogP contribution in [-0.4, -0.2) is 16.8 Å². The lowest BCUT2D eigenvalue weighted by molar-refractivity contribution is 0.108. The zero-order chi connectivity index (χ0) is 14.6. The summed E-state index contributed by atoms with van der Waals surface area (Å²) in [5, 5.41) is -0.493. The number of ether oxygens (including phenoxy) is 1. The third-order valence-corrected chi connectivity index (χ3v) is 3.43. The van der Waals surface area contributed by atoms with Crippen molar-refractivity contribution in [2.45, 2.75) is 58.3 Å². The zero-order valence-corrected chi connectivity index (χ0v) is 13.0. The Labute approximate surface area is 126 Å². The molecule has 0 aliphatic heterocycles. The molecule has 4 heteroatoms. The van der Waals surface area contributed by atoms with Gasteiger partial charge in [0.05, 0.1) is 12.2 Å². The van der Waals surface area contributed by atoms with Crippen molar-refractivity contribution in [2.75, 3.05) is 6.61 Å². The van der Waals surface area contributed by atoms with Gasteiger partial charge in [0.15, 0.2) is 0 Å². The van der Waals surface area contributed by atoms with E-state index in [9.17, 15) is 4.79 Å². The standard InChI is InChI=1S/C16H24ClNO2/c1-2-3-4-5-6-7-8-9-12-20-15-11-10-14(13-18-15)16(17)19/h10-11,13H,2-9,12H2,1H3. The molecule has 3 nitrogen and oxygen atoms in total. The van der Waals surface area contributed by atoms with E-state index in [0.717, 1.165) is 6.42 Å². The predicted molar refractivity (Wildman–Crippen MR) is 82.5 cm³/mol. The largest absolute Gasteiger partial charge is 0.478 e. The highest BCUT2D eigenvalue weighted by Gasteiger charge is 2.02. The van der Waals surface area contributed by atoms with Crippen LogP contribution in [0.5, 0.6) is 5.88 Å². The van der Waals surface area contributed by atoms with Crippen molar-refractivity contribution in [2.24, 2.45) is 0 Å². The fraction of sp³-hybridized carbons (Fsp3) is 0.625. The molecule has 1 rings (SSSR count). The van der Waals surface area contributed by atoms with Gasteiger partial charge in [0.25, 0.3) is 5.24 Å². The Bertz CT molecular complexity index is 379. The van der Waals surface area contributed by atoms with Gasteiger partial charge in [-0.05, 0) is 24.1 Å². The van der Waals surface area contributed by atoms with Crippen LogP contribution in [0.3, 0.4) is 0 Å². The number of carbonyl (C=O) groups excluding carboxylic acids is 1. The Morgan fingerprint density at radius 2 is 1.75 bits per heavy atom. The topological polar surface area (TPSA) is 39.2 Å². The fourth-order valence-corrected chi connectivity index (χ4v) is 2.11. The number of hydrogen-bond acceptors (Lipinski definition) is 3. The molecular weight excluding hydrogens is 274 g/mol. The quantitative estimate of drug-likeness (QED) is 0.427. The van der Waals surface area contributed by atoms with Gasteiger partial charge in [-0.15, -0.1) is 0 Å². The molecule has 0 saturated heterocycles. The second-order valence-corrected chi connectivity index (χ2v) is 5.33. The van der Waals surface area contributed by atoms with Gasteiger partial charge in [-0.25, -0.2) is 4.98 Å². The van der Waals surface area contributed by atoms with E-state index in [1.807, 2.05) is 0 Å². The van der Waals surface area contributed by atoms with Gasteiger partial charge in [0.1, 0.15) is 0 Å². The third kappa shape index (κ3) is 7.49. The number of pyridine rings is 1. The second kappa shape index (κ2) is 10.7. The maximum Gasteiger partial charge on any atom is 0.253 e. The number of halogens is 1. The van der Waals surface area contributed by atoms with E-state index >= 15 is 0 Å².